The molecule has 0 saturated heterocycles. The number of hydrogen-bond acceptors (Lipinski definition) is 3. The molecule has 1 heterocycles. The number of nitrogens with two attached hydrogens (primary N) is 1. The van der Waals surface area contributed by atoms with Crippen LogP contribution in [0.1, 0.15) is 5.56 Å². The lowest BCUT2D eigenvalue weighted by Gasteiger charge is -2.10. The third kappa shape index (κ3) is 2.83. The molecule has 0 amide bonds. The number of benzene rings is 1. The van der Waals surface area contributed by atoms with Crippen molar-refractivity contribution in [2.24, 2.45) is 5.73 Å². The number of aromatic nitrogens is 1. The standard InChI is InChI=1S/C12H9BrF2N2O/c13-10-4-8(14)1-2-11(10)18-12-7(5-16)3-9(15)6-17-12/h1-4,6H,5,16H2. The number of rotatable bonds is 3. The monoisotopic (exact) mass is 314 g/mol. The van der Waals surface area contributed by atoms with Gasteiger partial charge in [-0.15, -0.1) is 0 Å². The Hall–Kier alpha value is -1.53. The second-order valence-corrected chi connectivity index (χ2v) is 4.35. The second kappa shape index (κ2) is 5.41. The van der Waals surface area contributed by atoms with Crippen molar-refractivity contribution in [3.63, 3.8) is 0 Å². The SMILES string of the molecule is NCc1cc(F)cnc1Oc1ccc(F)cc1Br. The molecule has 18 heavy (non-hydrogen) atoms. The molecular weight excluding hydrogens is 306 g/mol. The van der Waals surface area contributed by atoms with E-state index in [0.717, 1.165) is 6.20 Å². The molecule has 0 radical (unpaired) electrons. The zero-order chi connectivity index (χ0) is 13.1. The molecule has 6 heteroatoms. The van der Waals surface area contributed by atoms with Crippen molar-refractivity contribution in [2.45, 2.75) is 6.54 Å². The van der Waals surface area contributed by atoms with Gasteiger partial charge in [0.2, 0.25) is 5.88 Å². The van der Waals surface area contributed by atoms with Gasteiger partial charge in [0.05, 0.1) is 10.7 Å². The van der Waals surface area contributed by atoms with E-state index < -0.39 is 5.82 Å². The molecule has 0 bridgehead atoms. The third-order valence-electron chi connectivity index (χ3n) is 2.21. The Morgan fingerprint density at radius 1 is 1.22 bits per heavy atom. The van der Waals surface area contributed by atoms with E-state index in [9.17, 15) is 8.78 Å². The fourth-order valence-corrected chi connectivity index (χ4v) is 1.80. The zero-order valence-corrected chi connectivity index (χ0v) is 10.7. The van der Waals surface area contributed by atoms with E-state index in [0.29, 0.717) is 15.8 Å². The summed E-state index contributed by atoms with van der Waals surface area (Å²) in [6.45, 7) is 0.0961. The van der Waals surface area contributed by atoms with Crippen molar-refractivity contribution in [3.8, 4) is 11.6 Å². The van der Waals surface area contributed by atoms with E-state index in [-0.39, 0.29) is 18.2 Å². The average Bonchev–Trinajstić information content (AvgIpc) is 2.34. The summed E-state index contributed by atoms with van der Waals surface area (Å²) in [5.41, 5.74) is 5.91. The van der Waals surface area contributed by atoms with Crippen LogP contribution in [-0.4, -0.2) is 4.98 Å². The molecule has 0 aliphatic heterocycles. The molecule has 2 aromatic rings. The first-order chi connectivity index (χ1) is 8.60. The largest absolute Gasteiger partial charge is 0.438 e. The van der Waals surface area contributed by atoms with Crippen LogP contribution in [0.3, 0.4) is 0 Å². The van der Waals surface area contributed by atoms with Gasteiger partial charge in [0.1, 0.15) is 17.4 Å². The molecule has 0 fully saturated rings. The number of ether oxygens (including phenoxy) is 1. The number of hydrogen-bond donors (Lipinski definition) is 1. The summed E-state index contributed by atoms with van der Waals surface area (Å²) in [4.78, 5) is 3.82. The number of nitrogens with zero attached hydrogens (tertiary/aromatic N) is 1. The van der Waals surface area contributed by atoms with Gasteiger partial charge in [-0.2, -0.15) is 0 Å². The van der Waals surface area contributed by atoms with Crippen LogP contribution in [0.5, 0.6) is 11.6 Å². The maximum Gasteiger partial charge on any atom is 0.223 e. The van der Waals surface area contributed by atoms with Gasteiger partial charge in [-0.1, -0.05) is 0 Å². The van der Waals surface area contributed by atoms with Gasteiger partial charge in [-0.05, 0) is 40.2 Å². The highest BCUT2D eigenvalue weighted by Gasteiger charge is 2.10. The maximum absolute atomic E-state index is 13.0. The Balaban J connectivity index is 2.33. The fraction of sp³-hybridized carbons (Fsp3) is 0.0833. The van der Waals surface area contributed by atoms with Gasteiger partial charge in [0.15, 0.2) is 0 Å². The van der Waals surface area contributed by atoms with Crippen LogP contribution in [0, 0.1) is 11.6 Å². The fourth-order valence-electron chi connectivity index (χ4n) is 1.37. The molecule has 2 N–H and O–H groups in total. The number of halogens is 3. The van der Waals surface area contributed by atoms with E-state index in [2.05, 4.69) is 20.9 Å². The van der Waals surface area contributed by atoms with Crippen LogP contribution in [0.2, 0.25) is 0 Å². The van der Waals surface area contributed by atoms with E-state index in [1.807, 2.05) is 0 Å². The summed E-state index contributed by atoms with van der Waals surface area (Å²) < 4.78 is 31.8. The first kappa shape index (κ1) is 12.9. The van der Waals surface area contributed by atoms with Gasteiger partial charge in [-0.3, -0.25) is 0 Å². The molecule has 1 aromatic carbocycles. The molecule has 0 spiro atoms. The first-order valence-electron chi connectivity index (χ1n) is 5.07. The van der Waals surface area contributed by atoms with Gasteiger partial charge in [0.25, 0.3) is 0 Å². The molecule has 0 aliphatic rings. The highest BCUT2D eigenvalue weighted by Crippen LogP contribution is 2.30. The lowest BCUT2D eigenvalue weighted by Crippen LogP contribution is -2.02. The molecule has 0 atom stereocenters. The van der Waals surface area contributed by atoms with Gasteiger partial charge >= 0.3 is 0 Å². The maximum atomic E-state index is 13.0. The Bertz CT molecular complexity index is 578. The van der Waals surface area contributed by atoms with Gasteiger partial charge in [0, 0.05) is 12.1 Å². The lowest BCUT2D eigenvalue weighted by molar-refractivity contribution is 0.448. The topological polar surface area (TPSA) is 48.1 Å². The quantitative estimate of drug-likeness (QED) is 0.945. The van der Waals surface area contributed by atoms with Crippen LogP contribution in [0.25, 0.3) is 0 Å². The van der Waals surface area contributed by atoms with Crippen molar-refractivity contribution < 1.29 is 13.5 Å². The van der Waals surface area contributed by atoms with Crippen LogP contribution < -0.4 is 10.5 Å². The molecule has 0 aliphatic carbocycles. The Morgan fingerprint density at radius 2 is 2.00 bits per heavy atom. The predicted molar refractivity (Wildman–Crippen MR) is 66.3 cm³/mol. The minimum Gasteiger partial charge on any atom is -0.438 e. The van der Waals surface area contributed by atoms with E-state index in [4.69, 9.17) is 10.5 Å². The molecule has 2 rings (SSSR count). The molecule has 94 valence electrons. The van der Waals surface area contributed by atoms with Gasteiger partial charge in [-0.25, -0.2) is 13.8 Å². The highest BCUT2D eigenvalue weighted by atomic mass is 79.9. The second-order valence-electron chi connectivity index (χ2n) is 3.50. The molecule has 1 aromatic heterocycles. The summed E-state index contributed by atoms with van der Waals surface area (Å²) in [5, 5.41) is 0. The zero-order valence-electron chi connectivity index (χ0n) is 9.16. The summed E-state index contributed by atoms with van der Waals surface area (Å²) >= 11 is 3.17. The molecule has 3 nitrogen and oxygen atoms in total. The molecular formula is C12H9BrF2N2O. The summed E-state index contributed by atoms with van der Waals surface area (Å²) in [5.74, 6) is -0.294. The van der Waals surface area contributed by atoms with Crippen molar-refractivity contribution in [2.75, 3.05) is 0 Å². The average molecular weight is 315 g/mol. The van der Waals surface area contributed by atoms with Gasteiger partial charge < -0.3 is 10.5 Å². The molecule has 0 unspecified atom stereocenters. The smallest absolute Gasteiger partial charge is 0.223 e. The van der Waals surface area contributed by atoms with E-state index in [1.54, 1.807) is 0 Å². The molecule has 0 saturated carbocycles. The lowest BCUT2D eigenvalue weighted by atomic mass is 10.2. The number of pyridine rings is 1. The Labute approximate surface area is 111 Å². The van der Waals surface area contributed by atoms with Crippen LogP contribution in [0.4, 0.5) is 8.78 Å². The van der Waals surface area contributed by atoms with Crippen LogP contribution in [-0.2, 0) is 6.54 Å². The normalized spacial score (nSPS) is 10.4. The van der Waals surface area contributed by atoms with E-state index >= 15 is 0 Å². The Kier molecular flexibility index (Phi) is 3.88. The van der Waals surface area contributed by atoms with Crippen LogP contribution in [0.15, 0.2) is 34.9 Å². The minimum absolute atomic E-state index is 0.0961. The van der Waals surface area contributed by atoms with Crippen molar-refractivity contribution in [1.29, 1.82) is 0 Å². The Morgan fingerprint density at radius 3 is 2.67 bits per heavy atom. The van der Waals surface area contributed by atoms with Crippen molar-refractivity contribution in [3.05, 3.63) is 52.1 Å². The highest BCUT2D eigenvalue weighted by molar-refractivity contribution is 9.10. The minimum atomic E-state index is -0.485. The van der Waals surface area contributed by atoms with E-state index in [1.165, 1.54) is 24.3 Å². The first-order valence-corrected chi connectivity index (χ1v) is 5.87. The summed E-state index contributed by atoms with van der Waals surface area (Å²) in [7, 11) is 0. The van der Waals surface area contributed by atoms with Crippen molar-refractivity contribution in [1.82, 2.24) is 4.98 Å². The van der Waals surface area contributed by atoms with Crippen LogP contribution >= 0.6 is 15.9 Å². The summed E-state index contributed by atoms with van der Waals surface area (Å²) in [6, 6.07) is 5.22. The third-order valence-corrected chi connectivity index (χ3v) is 2.83. The van der Waals surface area contributed by atoms with Crippen molar-refractivity contribution >= 4 is 15.9 Å². The summed E-state index contributed by atoms with van der Waals surface area (Å²) in [6.07, 6.45) is 1.03. The predicted octanol–water partition coefficient (Wildman–Crippen LogP) is 3.37.